The summed E-state index contributed by atoms with van der Waals surface area (Å²) in [6.07, 6.45) is -0.362. The largest absolute Gasteiger partial charge is 0.377 e. The van der Waals surface area contributed by atoms with E-state index < -0.39 is 9.84 Å². The fourth-order valence-electron chi connectivity index (χ4n) is 1.76. The van der Waals surface area contributed by atoms with Crippen molar-refractivity contribution in [1.29, 1.82) is 0 Å². The van der Waals surface area contributed by atoms with Crippen molar-refractivity contribution in [3.05, 3.63) is 24.3 Å². The Morgan fingerprint density at radius 2 is 1.68 bits per heavy atom. The lowest BCUT2D eigenvalue weighted by Crippen LogP contribution is -2.33. The molecule has 5 nitrogen and oxygen atoms in total. The maximum atomic E-state index is 11.7. The average molecular weight is 287 g/mol. The van der Waals surface area contributed by atoms with E-state index in [2.05, 4.69) is 5.32 Å². The lowest BCUT2D eigenvalue weighted by Gasteiger charge is -2.23. The van der Waals surface area contributed by atoms with Crippen LogP contribution in [0.1, 0.15) is 13.8 Å². The molecule has 0 spiro atoms. The highest BCUT2D eigenvalue weighted by molar-refractivity contribution is 7.91. The standard InChI is InChI=1S/C13H21NO4S/c1-5-19(15,16)12-8-6-11(7-9-12)14-10(2)13(17-3)18-4/h6-10,13-14H,5H2,1-4H3. The smallest absolute Gasteiger partial charge is 0.178 e. The average Bonchev–Trinajstić information content (AvgIpc) is 2.40. The maximum Gasteiger partial charge on any atom is 0.178 e. The zero-order chi connectivity index (χ0) is 14.5. The Kier molecular flexibility index (Phi) is 5.78. The summed E-state index contributed by atoms with van der Waals surface area (Å²) in [6, 6.07) is 6.62. The van der Waals surface area contributed by atoms with Crippen LogP contribution < -0.4 is 5.32 Å². The fraction of sp³-hybridized carbons (Fsp3) is 0.538. The number of ether oxygens (including phenoxy) is 2. The van der Waals surface area contributed by atoms with Gasteiger partial charge in [0, 0.05) is 19.9 Å². The van der Waals surface area contributed by atoms with Crippen molar-refractivity contribution in [2.75, 3.05) is 25.3 Å². The SMILES string of the molecule is CCS(=O)(=O)c1ccc(NC(C)C(OC)OC)cc1. The highest BCUT2D eigenvalue weighted by Gasteiger charge is 2.16. The van der Waals surface area contributed by atoms with Crippen LogP contribution in [0, 0.1) is 0 Å². The third kappa shape index (κ3) is 4.19. The van der Waals surface area contributed by atoms with Gasteiger partial charge in [-0.15, -0.1) is 0 Å². The van der Waals surface area contributed by atoms with E-state index in [1.54, 1.807) is 45.4 Å². The Labute approximate surface area is 114 Å². The van der Waals surface area contributed by atoms with Gasteiger partial charge in [0.25, 0.3) is 0 Å². The molecule has 0 saturated carbocycles. The summed E-state index contributed by atoms with van der Waals surface area (Å²) < 4.78 is 33.6. The molecule has 108 valence electrons. The van der Waals surface area contributed by atoms with Crippen LogP contribution >= 0.6 is 0 Å². The Bertz CT molecular complexity index is 480. The van der Waals surface area contributed by atoms with E-state index in [0.29, 0.717) is 4.90 Å². The van der Waals surface area contributed by atoms with Crippen molar-refractivity contribution in [2.45, 2.75) is 31.1 Å². The zero-order valence-corrected chi connectivity index (χ0v) is 12.5. The lowest BCUT2D eigenvalue weighted by atomic mass is 10.2. The first-order valence-electron chi connectivity index (χ1n) is 6.09. The number of hydrogen-bond donors (Lipinski definition) is 1. The topological polar surface area (TPSA) is 64.6 Å². The molecule has 0 radical (unpaired) electrons. The molecule has 0 aliphatic rings. The monoisotopic (exact) mass is 287 g/mol. The second-order valence-electron chi connectivity index (χ2n) is 4.20. The molecule has 1 aromatic rings. The quantitative estimate of drug-likeness (QED) is 0.776. The van der Waals surface area contributed by atoms with Gasteiger partial charge in [0.05, 0.1) is 16.7 Å². The van der Waals surface area contributed by atoms with E-state index in [0.717, 1.165) is 5.69 Å². The van der Waals surface area contributed by atoms with Gasteiger partial charge in [-0.2, -0.15) is 0 Å². The molecule has 0 aliphatic carbocycles. The molecule has 1 N–H and O–H groups in total. The van der Waals surface area contributed by atoms with Crippen LogP contribution in [0.15, 0.2) is 29.2 Å². The van der Waals surface area contributed by atoms with E-state index in [1.165, 1.54) is 0 Å². The first kappa shape index (κ1) is 15.9. The van der Waals surface area contributed by atoms with Gasteiger partial charge in [0.15, 0.2) is 16.1 Å². The number of benzene rings is 1. The maximum absolute atomic E-state index is 11.7. The molecular weight excluding hydrogens is 266 g/mol. The van der Waals surface area contributed by atoms with Gasteiger partial charge < -0.3 is 14.8 Å². The third-order valence-electron chi connectivity index (χ3n) is 2.86. The molecule has 0 fully saturated rings. The van der Waals surface area contributed by atoms with Crippen molar-refractivity contribution in [3.63, 3.8) is 0 Å². The molecule has 0 bridgehead atoms. The van der Waals surface area contributed by atoms with Gasteiger partial charge in [0.2, 0.25) is 0 Å². The highest BCUT2D eigenvalue weighted by Crippen LogP contribution is 2.17. The molecular formula is C13H21NO4S. The van der Waals surface area contributed by atoms with Gasteiger partial charge in [-0.3, -0.25) is 0 Å². The predicted molar refractivity (Wildman–Crippen MR) is 75.1 cm³/mol. The number of nitrogens with one attached hydrogen (secondary N) is 1. The number of methoxy groups -OCH3 is 2. The third-order valence-corrected chi connectivity index (χ3v) is 4.61. The minimum absolute atomic E-state index is 0.0522. The molecule has 0 aromatic heterocycles. The highest BCUT2D eigenvalue weighted by atomic mass is 32.2. The molecule has 0 heterocycles. The molecule has 1 atom stereocenters. The van der Waals surface area contributed by atoms with Gasteiger partial charge in [-0.1, -0.05) is 6.92 Å². The summed E-state index contributed by atoms with van der Waals surface area (Å²) in [7, 11) is -0.000864. The molecule has 1 rings (SSSR count). The van der Waals surface area contributed by atoms with Gasteiger partial charge in [-0.25, -0.2) is 8.42 Å². The summed E-state index contributed by atoms with van der Waals surface area (Å²) in [6.45, 7) is 3.56. The van der Waals surface area contributed by atoms with Crippen LogP contribution in [0.2, 0.25) is 0 Å². The second kappa shape index (κ2) is 6.88. The second-order valence-corrected chi connectivity index (χ2v) is 6.48. The van der Waals surface area contributed by atoms with E-state index >= 15 is 0 Å². The normalized spacial score (nSPS) is 13.5. The Hall–Kier alpha value is -1.11. The summed E-state index contributed by atoms with van der Waals surface area (Å²) in [5.74, 6) is 0.103. The zero-order valence-electron chi connectivity index (χ0n) is 11.7. The van der Waals surface area contributed by atoms with Crippen LogP contribution in [0.5, 0.6) is 0 Å². The van der Waals surface area contributed by atoms with Crippen molar-refractivity contribution >= 4 is 15.5 Å². The molecule has 1 aromatic carbocycles. The molecule has 6 heteroatoms. The van der Waals surface area contributed by atoms with Crippen molar-refractivity contribution in [2.24, 2.45) is 0 Å². The molecule has 19 heavy (non-hydrogen) atoms. The Morgan fingerprint density at radius 3 is 2.11 bits per heavy atom. The number of rotatable bonds is 7. The summed E-state index contributed by atoms with van der Waals surface area (Å²) in [5, 5.41) is 3.20. The number of hydrogen-bond acceptors (Lipinski definition) is 5. The van der Waals surface area contributed by atoms with Gasteiger partial charge >= 0.3 is 0 Å². The molecule has 0 saturated heterocycles. The first-order valence-corrected chi connectivity index (χ1v) is 7.74. The van der Waals surface area contributed by atoms with Gasteiger partial charge in [0.1, 0.15) is 0 Å². The predicted octanol–water partition coefficient (Wildman–Crippen LogP) is 1.90. The Balaban J connectivity index is 2.78. The van der Waals surface area contributed by atoms with Crippen molar-refractivity contribution in [3.8, 4) is 0 Å². The summed E-state index contributed by atoms with van der Waals surface area (Å²) >= 11 is 0. The van der Waals surface area contributed by atoms with E-state index in [4.69, 9.17) is 9.47 Å². The van der Waals surface area contributed by atoms with Crippen LogP contribution in [0.4, 0.5) is 5.69 Å². The van der Waals surface area contributed by atoms with Crippen molar-refractivity contribution < 1.29 is 17.9 Å². The van der Waals surface area contributed by atoms with Crippen LogP contribution in [-0.4, -0.2) is 40.7 Å². The number of sulfone groups is 1. The minimum Gasteiger partial charge on any atom is -0.377 e. The van der Waals surface area contributed by atoms with Crippen molar-refractivity contribution in [1.82, 2.24) is 0 Å². The summed E-state index contributed by atoms with van der Waals surface area (Å²) in [5.41, 5.74) is 0.821. The minimum atomic E-state index is -3.15. The van der Waals surface area contributed by atoms with Crippen LogP contribution in [0.25, 0.3) is 0 Å². The van der Waals surface area contributed by atoms with Crippen LogP contribution in [0.3, 0.4) is 0 Å². The first-order chi connectivity index (χ1) is 8.94. The van der Waals surface area contributed by atoms with Crippen LogP contribution in [-0.2, 0) is 19.3 Å². The summed E-state index contributed by atoms with van der Waals surface area (Å²) in [4.78, 5) is 0.336. The molecule has 0 amide bonds. The van der Waals surface area contributed by atoms with E-state index in [-0.39, 0.29) is 18.1 Å². The van der Waals surface area contributed by atoms with Gasteiger partial charge in [-0.05, 0) is 31.2 Å². The molecule has 1 unspecified atom stereocenters. The van der Waals surface area contributed by atoms with E-state index in [9.17, 15) is 8.42 Å². The fourth-order valence-corrected chi connectivity index (χ4v) is 2.64. The lowest BCUT2D eigenvalue weighted by molar-refractivity contribution is -0.109. The molecule has 0 aliphatic heterocycles. The Morgan fingerprint density at radius 1 is 1.16 bits per heavy atom. The van der Waals surface area contributed by atoms with E-state index in [1.807, 2.05) is 6.92 Å². The number of anilines is 1.